The van der Waals surface area contributed by atoms with E-state index in [1.807, 2.05) is 0 Å². The summed E-state index contributed by atoms with van der Waals surface area (Å²) in [7, 11) is -1.75. The van der Waals surface area contributed by atoms with Crippen LogP contribution in [0.1, 0.15) is 19.8 Å². The second-order valence-electron chi connectivity index (χ2n) is 4.49. The molecule has 3 N–H and O–H groups in total. The number of nitrogens with zero attached hydrogens (tertiary/aromatic N) is 1. The van der Waals surface area contributed by atoms with Crippen LogP contribution < -0.4 is 15.4 Å². The van der Waals surface area contributed by atoms with Crippen molar-refractivity contribution in [2.75, 3.05) is 26.7 Å². The number of benzene rings is 1. The molecule has 0 amide bonds. The maximum Gasteiger partial charge on any atom is 0.240 e. The Bertz CT molecular complexity index is 529. The number of unbranched alkanes of at least 4 members (excludes halogenated alkanes) is 1. The van der Waals surface area contributed by atoms with Gasteiger partial charge in [-0.2, -0.15) is 0 Å². The van der Waals surface area contributed by atoms with Crippen molar-refractivity contribution in [3.63, 3.8) is 0 Å². The molecule has 0 aliphatic heterocycles. The second kappa shape index (κ2) is 9.36. The molecule has 0 aliphatic carbocycles. The summed E-state index contributed by atoms with van der Waals surface area (Å²) in [6.45, 7) is 3.74. The number of nitrogens with one attached hydrogen (secondary N) is 3. The fourth-order valence-corrected chi connectivity index (χ4v) is 2.71. The lowest BCUT2D eigenvalue weighted by Gasteiger charge is -2.12. The number of guanidine groups is 1. The summed E-state index contributed by atoms with van der Waals surface area (Å²) >= 11 is 0. The normalized spacial score (nSPS) is 12.2. The zero-order valence-electron chi connectivity index (χ0n) is 12.6. The molecule has 7 heteroatoms. The van der Waals surface area contributed by atoms with E-state index in [4.69, 9.17) is 0 Å². The molecule has 0 bridgehead atoms. The van der Waals surface area contributed by atoms with Gasteiger partial charge in [0.2, 0.25) is 10.0 Å². The first-order chi connectivity index (χ1) is 10.1. The van der Waals surface area contributed by atoms with Crippen molar-refractivity contribution in [2.24, 2.45) is 4.99 Å². The van der Waals surface area contributed by atoms with Crippen LogP contribution in [0.25, 0.3) is 0 Å². The molecule has 0 unspecified atom stereocenters. The van der Waals surface area contributed by atoms with E-state index >= 15 is 0 Å². The maximum atomic E-state index is 12.0. The highest BCUT2D eigenvalue weighted by atomic mass is 32.2. The molecule has 1 rings (SSSR count). The number of aliphatic imine (C=N–C) groups is 1. The van der Waals surface area contributed by atoms with Crippen LogP contribution in [-0.2, 0) is 10.0 Å². The van der Waals surface area contributed by atoms with Gasteiger partial charge in [0.05, 0.1) is 4.90 Å². The zero-order chi connectivity index (χ0) is 15.6. The van der Waals surface area contributed by atoms with E-state index in [1.54, 1.807) is 37.4 Å². The van der Waals surface area contributed by atoms with Crippen LogP contribution in [0.3, 0.4) is 0 Å². The highest BCUT2D eigenvalue weighted by Crippen LogP contribution is 2.06. The maximum absolute atomic E-state index is 12.0. The second-order valence-corrected chi connectivity index (χ2v) is 6.26. The first kappa shape index (κ1) is 17.5. The molecular formula is C14H24N4O2S. The fourth-order valence-electron chi connectivity index (χ4n) is 1.65. The van der Waals surface area contributed by atoms with Gasteiger partial charge < -0.3 is 10.6 Å². The molecule has 0 saturated heterocycles. The minimum absolute atomic E-state index is 0.274. The van der Waals surface area contributed by atoms with Crippen LogP contribution >= 0.6 is 0 Å². The Morgan fingerprint density at radius 3 is 2.38 bits per heavy atom. The predicted octanol–water partition coefficient (Wildman–Crippen LogP) is 0.930. The number of rotatable bonds is 8. The molecule has 118 valence electrons. The Labute approximate surface area is 127 Å². The van der Waals surface area contributed by atoms with Gasteiger partial charge in [-0.05, 0) is 18.6 Å². The van der Waals surface area contributed by atoms with Crippen molar-refractivity contribution in [1.82, 2.24) is 15.4 Å². The molecule has 0 spiro atoms. The third kappa shape index (κ3) is 6.59. The fraction of sp³-hybridized carbons (Fsp3) is 0.500. The lowest BCUT2D eigenvalue weighted by atomic mass is 10.3. The molecule has 6 nitrogen and oxygen atoms in total. The van der Waals surface area contributed by atoms with Crippen molar-refractivity contribution >= 4 is 16.0 Å². The van der Waals surface area contributed by atoms with E-state index < -0.39 is 10.0 Å². The standard InChI is InChI=1S/C14H24N4O2S/c1-3-4-10-16-14(15-2)17-11-12-18-21(19,20)13-8-6-5-7-9-13/h5-9,18H,3-4,10-12H2,1-2H3,(H2,15,16,17). The Morgan fingerprint density at radius 2 is 1.76 bits per heavy atom. The van der Waals surface area contributed by atoms with Crippen molar-refractivity contribution in [3.05, 3.63) is 30.3 Å². The molecule has 0 aliphatic rings. The Kier molecular flexibility index (Phi) is 7.78. The van der Waals surface area contributed by atoms with E-state index in [9.17, 15) is 8.42 Å². The van der Waals surface area contributed by atoms with Gasteiger partial charge in [-0.3, -0.25) is 4.99 Å². The van der Waals surface area contributed by atoms with Crippen LogP contribution in [0.5, 0.6) is 0 Å². The third-order valence-corrected chi connectivity index (χ3v) is 4.29. The van der Waals surface area contributed by atoms with Crippen LogP contribution in [0.4, 0.5) is 0 Å². The average Bonchev–Trinajstić information content (AvgIpc) is 2.50. The van der Waals surface area contributed by atoms with E-state index in [-0.39, 0.29) is 4.90 Å². The molecule has 0 fully saturated rings. The number of sulfonamides is 1. The van der Waals surface area contributed by atoms with Gasteiger partial charge in [0.15, 0.2) is 5.96 Å². The minimum atomic E-state index is -3.44. The monoisotopic (exact) mass is 312 g/mol. The smallest absolute Gasteiger partial charge is 0.240 e. The molecule has 0 atom stereocenters. The van der Waals surface area contributed by atoms with E-state index in [0.717, 1.165) is 19.4 Å². The Morgan fingerprint density at radius 1 is 1.10 bits per heavy atom. The predicted molar refractivity (Wildman–Crippen MR) is 85.9 cm³/mol. The first-order valence-corrected chi connectivity index (χ1v) is 8.57. The van der Waals surface area contributed by atoms with E-state index in [2.05, 4.69) is 27.3 Å². The molecule has 1 aromatic carbocycles. The summed E-state index contributed by atoms with van der Waals surface area (Å²) in [6.07, 6.45) is 2.18. The Balaban J connectivity index is 2.33. The quantitative estimate of drug-likeness (QED) is 0.379. The molecule has 0 heterocycles. The highest BCUT2D eigenvalue weighted by molar-refractivity contribution is 7.89. The lowest BCUT2D eigenvalue weighted by molar-refractivity contribution is 0.580. The highest BCUT2D eigenvalue weighted by Gasteiger charge is 2.11. The van der Waals surface area contributed by atoms with E-state index in [1.165, 1.54) is 0 Å². The Hall–Kier alpha value is -1.60. The van der Waals surface area contributed by atoms with Crippen molar-refractivity contribution in [2.45, 2.75) is 24.7 Å². The summed E-state index contributed by atoms with van der Waals surface area (Å²) in [6, 6.07) is 8.33. The largest absolute Gasteiger partial charge is 0.356 e. The van der Waals surface area contributed by atoms with E-state index in [0.29, 0.717) is 19.0 Å². The van der Waals surface area contributed by atoms with Crippen LogP contribution in [0.15, 0.2) is 40.2 Å². The average molecular weight is 312 g/mol. The van der Waals surface area contributed by atoms with Gasteiger partial charge in [-0.25, -0.2) is 13.1 Å². The van der Waals surface area contributed by atoms with Crippen LogP contribution in [0, 0.1) is 0 Å². The van der Waals surface area contributed by atoms with Gasteiger partial charge in [-0.15, -0.1) is 0 Å². The molecule has 0 radical (unpaired) electrons. The summed E-state index contributed by atoms with van der Waals surface area (Å²) in [5.41, 5.74) is 0. The third-order valence-electron chi connectivity index (χ3n) is 2.81. The van der Waals surface area contributed by atoms with Crippen LogP contribution in [-0.4, -0.2) is 41.1 Å². The van der Waals surface area contributed by atoms with Gasteiger partial charge in [0.1, 0.15) is 0 Å². The van der Waals surface area contributed by atoms with Gasteiger partial charge >= 0.3 is 0 Å². The lowest BCUT2D eigenvalue weighted by Crippen LogP contribution is -2.41. The molecule has 0 saturated carbocycles. The SMILES string of the molecule is CCCCNC(=NC)NCCNS(=O)(=O)c1ccccc1. The molecule has 21 heavy (non-hydrogen) atoms. The topological polar surface area (TPSA) is 82.6 Å². The zero-order valence-corrected chi connectivity index (χ0v) is 13.4. The molecular weight excluding hydrogens is 288 g/mol. The van der Waals surface area contributed by atoms with Gasteiger partial charge in [-0.1, -0.05) is 31.5 Å². The van der Waals surface area contributed by atoms with Gasteiger partial charge in [0, 0.05) is 26.7 Å². The van der Waals surface area contributed by atoms with Crippen molar-refractivity contribution in [1.29, 1.82) is 0 Å². The summed E-state index contributed by atoms with van der Waals surface area (Å²) < 4.78 is 26.5. The molecule has 1 aromatic rings. The summed E-state index contributed by atoms with van der Waals surface area (Å²) in [4.78, 5) is 4.34. The number of hydrogen-bond donors (Lipinski definition) is 3. The van der Waals surface area contributed by atoms with Crippen LogP contribution in [0.2, 0.25) is 0 Å². The molecule has 0 aromatic heterocycles. The first-order valence-electron chi connectivity index (χ1n) is 7.09. The van der Waals surface area contributed by atoms with Crippen molar-refractivity contribution < 1.29 is 8.42 Å². The summed E-state index contributed by atoms with van der Waals surface area (Å²) in [5, 5.41) is 6.23. The summed E-state index contributed by atoms with van der Waals surface area (Å²) in [5.74, 6) is 0.683. The minimum Gasteiger partial charge on any atom is -0.356 e. The van der Waals surface area contributed by atoms with Gasteiger partial charge in [0.25, 0.3) is 0 Å². The van der Waals surface area contributed by atoms with Crippen molar-refractivity contribution in [3.8, 4) is 0 Å². The number of hydrogen-bond acceptors (Lipinski definition) is 3.